The average Bonchev–Trinajstić information content (AvgIpc) is 3.06. The number of nitrogens with zero attached hydrogens (tertiary/aromatic N) is 2. The Bertz CT molecular complexity index is 881. The van der Waals surface area contributed by atoms with Crippen LogP contribution in [-0.2, 0) is 6.54 Å². The summed E-state index contributed by atoms with van der Waals surface area (Å²) in [6.07, 6.45) is 1.61. The zero-order chi connectivity index (χ0) is 17.1. The minimum Gasteiger partial charge on any atom is -0.337 e. The molecule has 1 heterocycles. The number of halogens is 2. The van der Waals surface area contributed by atoms with Gasteiger partial charge in [0.1, 0.15) is 9.88 Å². The number of benzene rings is 2. The predicted octanol–water partition coefficient (Wildman–Crippen LogP) is 5.50. The van der Waals surface area contributed by atoms with Gasteiger partial charge in [-0.05, 0) is 17.7 Å². The van der Waals surface area contributed by atoms with Gasteiger partial charge in [0, 0.05) is 23.6 Å². The van der Waals surface area contributed by atoms with Crippen molar-refractivity contribution in [3.8, 4) is 10.6 Å². The fourth-order valence-corrected chi connectivity index (χ4v) is 3.92. The predicted molar refractivity (Wildman–Crippen MR) is 102 cm³/mol. The molecule has 24 heavy (non-hydrogen) atoms. The summed E-state index contributed by atoms with van der Waals surface area (Å²) in [5, 5.41) is 1.38. The van der Waals surface area contributed by atoms with Crippen LogP contribution in [0.1, 0.15) is 15.2 Å². The van der Waals surface area contributed by atoms with Crippen LogP contribution in [0, 0.1) is 0 Å². The van der Waals surface area contributed by atoms with Crippen LogP contribution in [0.2, 0.25) is 5.02 Å². The molecule has 0 atom stereocenters. The van der Waals surface area contributed by atoms with Gasteiger partial charge in [0.15, 0.2) is 0 Å². The molecule has 122 valence electrons. The van der Waals surface area contributed by atoms with Gasteiger partial charge in [-0.1, -0.05) is 63.9 Å². The zero-order valence-corrected chi connectivity index (χ0v) is 16.0. The van der Waals surface area contributed by atoms with E-state index in [1.807, 2.05) is 48.5 Å². The number of thiazole rings is 1. The highest BCUT2D eigenvalue weighted by Gasteiger charge is 2.17. The third kappa shape index (κ3) is 3.69. The molecule has 6 heteroatoms. The van der Waals surface area contributed by atoms with Crippen LogP contribution in [-0.4, -0.2) is 22.8 Å². The van der Waals surface area contributed by atoms with Gasteiger partial charge < -0.3 is 4.90 Å². The minimum atomic E-state index is -0.0541. The van der Waals surface area contributed by atoms with Crippen molar-refractivity contribution in [2.75, 3.05) is 7.05 Å². The molecule has 1 amide bonds. The fourth-order valence-electron chi connectivity index (χ4n) is 2.27. The normalized spacial score (nSPS) is 10.6. The van der Waals surface area contributed by atoms with Gasteiger partial charge in [0.25, 0.3) is 5.91 Å². The number of hydrogen-bond acceptors (Lipinski definition) is 3. The Balaban J connectivity index is 1.79. The summed E-state index contributed by atoms with van der Waals surface area (Å²) in [5.74, 6) is -0.0541. The molecule has 0 spiro atoms. The molecule has 1 aromatic heterocycles. The molecule has 0 N–H and O–H groups in total. The van der Waals surface area contributed by atoms with Gasteiger partial charge >= 0.3 is 0 Å². The van der Waals surface area contributed by atoms with Crippen molar-refractivity contribution >= 4 is 44.8 Å². The summed E-state index contributed by atoms with van der Waals surface area (Å²) in [7, 11) is 1.79. The van der Waals surface area contributed by atoms with E-state index in [9.17, 15) is 4.79 Å². The first kappa shape index (κ1) is 17.1. The van der Waals surface area contributed by atoms with Crippen molar-refractivity contribution in [1.29, 1.82) is 0 Å². The van der Waals surface area contributed by atoms with Crippen molar-refractivity contribution < 1.29 is 4.79 Å². The Hall–Kier alpha value is -1.69. The smallest absolute Gasteiger partial charge is 0.265 e. The lowest BCUT2D eigenvalue weighted by molar-refractivity contribution is 0.0789. The lowest BCUT2D eigenvalue weighted by Crippen LogP contribution is -2.25. The number of hydrogen-bond donors (Lipinski definition) is 0. The van der Waals surface area contributed by atoms with E-state index in [-0.39, 0.29) is 5.91 Å². The van der Waals surface area contributed by atoms with Crippen LogP contribution in [0.5, 0.6) is 0 Å². The summed E-state index contributed by atoms with van der Waals surface area (Å²) >= 11 is 11.1. The summed E-state index contributed by atoms with van der Waals surface area (Å²) in [6, 6.07) is 15.4. The van der Waals surface area contributed by atoms with Crippen molar-refractivity contribution in [3.05, 3.63) is 74.7 Å². The second-order valence-corrected chi connectivity index (χ2v) is 7.55. The third-order valence-electron chi connectivity index (χ3n) is 3.53. The highest BCUT2D eigenvalue weighted by molar-refractivity contribution is 9.10. The van der Waals surface area contributed by atoms with Crippen LogP contribution in [0.15, 0.2) is 59.2 Å². The lowest BCUT2D eigenvalue weighted by Gasteiger charge is -2.17. The maximum absolute atomic E-state index is 12.6. The molecule has 0 saturated heterocycles. The second-order valence-electron chi connectivity index (χ2n) is 5.26. The minimum absolute atomic E-state index is 0.0541. The van der Waals surface area contributed by atoms with Crippen molar-refractivity contribution in [3.63, 3.8) is 0 Å². The molecule has 0 unspecified atom stereocenters. The fraction of sp³-hybridized carbons (Fsp3) is 0.111. The quantitative estimate of drug-likeness (QED) is 0.557. The summed E-state index contributed by atoms with van der Waals surface area (Å²) in [5.41, 5.74) is 1.90. The zero-order valence-electron chi connectivity index (χ0n) is 12.9. The Morgan fingerprint density at radius 3 is 2.67 bits per heavy atom. The van der Waals surface area contributed by atoms with E-state index in [0.717, 1.165) is 20.6 Å². The first-order valence-electron chi connectivity index (χ1n) is 7.26. The van der Waals surface area contributed by atoms with E-state index < -0.39 is 0 Å². The topological polar surface area (TPSA) is 33.2 Å². The van der Waals surface area contributed by atoms with Gasteiger partial charge in [0.2, 0.25) is 0 Å². The Morgan fingerprint density at radius 2 is 1.92 bits per heavy atom. The highest BCUT2D eigenvalue weighted by atomic mass is 79.9. The third-order valence-corrected chi connectivity index (χ3v) is 5.65. The molecule has 3 rings (SSSR count). The number of carbonyl (C=O) groups is 1. The second kappa shape index (κ2) is 7.47. The Labute approximate surface area is 158 Å². The molecule has 0 fully saturated rings. The first-order valence-corrected chi connectivity index (χ1v) is 9.24. The van der Waals surface area contributed by atoms with Crippen LogP contribution in [0.25, 0.3) is 10.6 Å². The maximum atomic E-state index is 12.6. The number of amides is 1. The molecule has 3 nitrogen and oxygen atoms in total. The highest BCUT2D eigenvalue weighted by Crippen LogP contribution is 2.31. The molecule has 0 aliphatic rings. The molecule has 0 bridgehead atoms. The number of carbonyl (C=O) groups excluding carboxylic acids is 1. The molecule has 0 saturated carbocycles. The molecule has 3 aromatic rings. The van der Waals surface area contributed by atoms with E-state index in [2.05, 4.69) is 20.9 Å². The number of rotatable bonds is 4. The molecular weight excluding hydrogens is 408 g/mol. The standard InChI is InChI=1S/C18H14BrClN2OS/c1-22(11-12-6-2-4-8-14(12)19)18(23)16-10-21-17(24-16)13-7-3-5-9-15(13)20/h2-10H,11H2,1H3. The van der Waals surface area contributed by atoms with Crippen LogP contribution >= 0.6 is 38.9 Å². The lowest BCUT2D eigenvalue weighted by atomic mass is 10.2. The molecule has 0 radical (unpaired) electrons. The average molecular weight is 422 g/mol. The molecule has 0 aliphatic carbocycles. The van der Waals surface area contributed by atoms with Gasteiger partial charge in [-0.25, -0.2) is 4.98 Å². The molecular formula is C18H14BrClN2OS. The van der Waals surface area contributed by atoms with Gasteiger partial charge in [-0.15, -0.1) is 11.3 Å². The monoisotopic (exact) mass is 420 g/mol. The van der Waals surface area contributed by atoms with Gasteiger partial charge in [-0.3, -0.25) is 4.79 Å². The number of aromatic nitrogens is 1. The van der Waals surface area contributed by atoms with Crippen LogP contribution < -0.4 is 0 Å². The van der Waals surface area contributed by atoms with E-state index in [0.29, 0.717) is 16.4 Å². The van der Waals surface area contributed by atoms with E-state index >= 15 is 0 Å². The first-order chi connectivity index (χ1) is 11.6. The van der Waals surface area contributed by atoms with E-state index in [4.69, 9.17) is 11.6 Å². The molecule has 2 aromatic carbocycles. The Kier molecular flexibility index (Phi) is 5.33. The van der Waals surface area contributed by atoms with Gasteiger partial charge in [0.05, 0.1) is 11.2 Å². The van der Waals surface area contributed by atoms with Gasteiger partial charge in [-0.2, -0.15) is 0 Å². The maximum Gasteiger partial charge on any atom is 0.265 e. The summed E-state index contributed by atoms with van der Waals surface area (Å²) in [6.45, 7) is 0.527. The van der Waals surface area contributed by atoms with Crippen molar-refractivity contribution in [2.45, 2.75) is 6.54 Å². The van der Waals surface area contributed by atoms with Crippen LogP contribution in [0.3, 0.4) is 0 Å². The SMILES string of the molecule is CN(Cc1ccccc1Br)C(=O)c1cnc(-c2ccccc2Cl)s1. The van der Waals surface area contributed by atoms with Crippen LogP contribution in [0.4, 0.5) is 0 Å². The summed E-state index contributed by atoms with van der Waals surface area (Å²) < 4.78 is 0.991. The Morgan fingerprint density at radius 1 is 1.21 bits per heavy atom. The van der Waals surface area contributed by atoms with Crippen molar-refractivity contribution in [2.24, 2.45) is 0 Å². The van der Waals surface area contributed by atoms with E-state index in [1.165, 1.54) is 11.3 Å². The molecule has 0 aliphatic heterocycles. The summed E-state index contributed by atoms with van der Waals surface area (Å²) in [4.78, 5) is 19.3. The van der Waals surface area contributed by atoms with E-state index in [1.54, 1.807) is 18.1 Å². The van der Waals surface area contributed by atoms with Crippen molar-refractivity contribution in [1.82, 2.24) is 9.88 Å². The largest absolute Gasteiger partial charge is 0.337 e.